The molecule has 1 saturated carbocycles. The summed E-state index contributed by atoms with van der Waals surface area (Å²) < 4.78 is 37.6. The maximum absolute atomic E-state index is 12.5. The Hall–Kier alpha value is -1.83. The lowest BCUT2D eigenvalue weighted by Crippen LogP contribution is -2.28. The quantitative estimate of drug-likeness (QED) is 0.780. The summed E-state index contributed by atoms with van der Waals surface area (Å²) in [7, 11) is 0. The number of nitrogens with zero attached hydrogens (tertiary/aromatic N) is 1. The molecule has 1 aliphatic carbocycles. The highest BCUT2D eigenvalue weighted by molar-refractivity contribution is 5.93. The first-order chi connectivity index (χ1) is 8.77. The van der Waals surface area contributed by atoms with Crippen LogP contribution in [0.2, 0.25) is 0 Å². The smallest absolute Gasteiger partial charge is 0.433 e. The van der Waals surface area contributed by atoms with Crippen molar-refractivity contribution in [3.63, 3.8) is 0 Å². The lowest BCUT2D eigenvalue weighted by Gasteiger charge is -2.18. The van der Waals surface area contributed by atoms with Crippen molar-refractivity contribution in [2.45, 2.75) is 24.6 Å². The molecule has 0 aliphatic heterocycles. The van der Waals surface area contributed by atoms with Crippen molar-refractivity contribution in [2.24, 2.45) is 0 Å². The van der Waals surface area contributed by atoms with Crippen LogP contribution in [0.5, 0.6) is 0 Å². The number of aromatic nitrogens is 1. The highest BCUT2D eigenvalue weighted by atomic mass is 19.4. The van der Waals surface area contributed by atoms with Gasteiger partial charge < -0.3 is 15.5 Å². The number of halogens is 3. The highest BCUT2D eigenvalue weighted by Crippen LogP contribution is 2.39. The van der Waals surface area contributed by atoms with E-state index in [4.69, 9.17) is 10.2 Å². The number of rotatable bonds is 4. The van der Waals surface area contributed by atoms with Gasteiger partial charge in [0.1, 0.15) is 17.1 Å². The number of anilines is 1. The zero-order valence-electron chi connectivity index (χ0n) is 9.66. The zero-order chi connectivity index (χ0) is 14.3. The number of aliphatic hydroxyl groups excluding tert-OH is 1. The van der Waals surface area contributed by atoms with Crippen molar-refractivity contribution in [3.05, 3.63) is 23.4 Å². The molecule has 1 heterocycles. The number of carboxylic acids is 1. The van der Waals surface area contributed by atoms with Crippen LogP contribution in [-0.4, -0.2) is 33.3 Å². The summed E-state index contributed by atoms with van der Waals surface area (Å²) in [5, 5.41) is 20.6. The number of hydrogen-bond donors (Lipinski definition) is 3. The van der Waals surface area contributed by atoms with Gasteiger partial charge in [-0.1, -0.05) is 0 Å². The van der Waals surface area contributed by atoms with Crippen molar-refractivity contribution in [2.75, 3.05) is 11.9 Å². The molecule has 8 heteroatoms. The molecule has 1 aromatic heterocycles. The summed E-state index contributed by atoms with van der Waals surface area (Å²) in [6.07, 6.45) is -3.54. The van der Waals surface area contributed by atoms with Gasteiger partial charge in [0.2, 0.25) is 0 Å². The van der Waals surface area contributed by atoms with E-state index in [-0.39, 0.29) is 18.0 Å². The fourth-order valence-corrected chi connectivity index (χ4v) is 1.61. The fourth-order valence-electron chi connectivity index (χ4n) is 1.61. The SMILES string of the molecule is O=C(O)c1ccc(C(F)(F)F)nc1NC1(CO)CC1. The molecule has 0 aromatic carbocycles. The molecule has 5 nitrogen and oxygen atoms in total. The third-order valence-corrected chi connectivity index (χ3v) is 2.96. The third-order valence-electron chi connectivity index (χ3n) is 2.96. The molecule has 19 heavy (non-hydrogen) atoms. The summed E-state index contributed by atoms with van der Waals surface area (Å²) in [5.74, 6) is -1.74. The number of aliphatic hydroxyl groups is 1. The number of carboxylic acid groups (broad SMARTS) is 1. The Labute approximate surface area is 106 Å². The lowest BCUT2D eigenvalue weighted by molar-refractivity contribution is -0.141. The molecule has 0 bridgehead atoms. The van der Waals surface area contributed by atoms with E-state index in [1.54, 1.807) is 0 Å². The Kier molecular flexibility index (Phi) is 3.13. The Morgan fingerprint density at radius 2 is 2.05 bits per heavy atom. The third kappa shape index (κ3) is 2.78. The van der Waals surface area contributed by atoms with Gasteiger partial charge >= 0.3 is 12.1 Å². The maximum atomic E-state index is 12.5. The van der Waals surface area contributed by atoms with E-state index in [1.165, 1.54) is 0 Å². The molecule has 3 N–H and O–H groups in total. The number of carbonyl (C=O) groups is 1. The fraction of sp³-hybridized carbons (Fsp3) is 0.455. The molecule has 2 rings (SSSR count). The van der Waals surface area contributed by atoms with Crippen LogP contribution < -0.4 is 5.32 Å². The number of hydrogen-bond acceptors (Lipinski definition) is 4. The average Bonchev–Trinajstić information content (AvgIpc) is 3.08. The summed E-state index contributed by atoms with van der Waals surface area (Å²) in [4.78, 5) is 14.3. The van der Waals surface area contributed by atoms with Gasteiger partial charge in [-0.15, -0.1) is 0 Å². The minimum atomic E-state index is -4.65. The summed E-state index contributed by atoms with van der Waals surface area (Å²) >= 11 is 0. The summed E-state index contributed by atoms with van der Waals surface area (Å²) in [6.45, 7) is -0.288. The molecule has 1 fully saturated rings. The van der Waals surface area contributed by atoms with E-state index < -0.39 is 23.4 Å². The topological polar surface area (TPSA) is 82.5 Å². The molecule has 1 aliphatic rings. The normalized spacial score (nSPS) is 17.1. The first kappa shape index (κ1) is 13.6. The van der Waals surface area contributed by atoms with E-state index in [9.17, 15) is 18.0 Å². The second-order valence-corrected chi connectivity index (χ2v) is 4.46. The van der Waals surface area contributed by atoms with Gasteiger partial charge in [0.05, 0.1) is 12.1 Å². The van der Waals surface area contributed by atoms with Crippen LogP contribution in [0, 0.1) is 0 Å². The van der Waals surface area contributed by atoms with Gasteiger partial charge in [0.15, 0.2) is 0 Å². The van der Waals surface area contributed by atoms with Crippen LogP contribution in [-0.2, 0) is 6.18 Å². The van der Waals surface area contributed by atoms with E-state index in [1.807, 2.05) is 0 Å². The first-order valence-corrected chi connectivity index (χ1v) is 5.48. The predicted molar refractivity (Wildman–Crippen MR) is 58.9 cm³/mol. The molecule has 104 valence electrons. The second kappa shape index (κ2) is 4.37. The molecule has 0 radical (unpaired) electrons. The molecule has 0 saturated heterocycles. The van der Waals surface area contributed by atoms with Crippen LogP contribution in [0.1, 0.15) is 28.9 Å². The van der Waals surface area contributed by atoms with Crippen molar-refractivity contribution >= 4 is 11.8 Å². The monoisotopic (exact) mass is 276 g/mol. The lowest BCUT2D eigenvalue weighted by atomic mass is 10.2. The van der Waals surface area contributed by atoms with Crippen molar-refractivity contribution in [1.29, 1.82) is 0 Å². The van der Waals surface area contributed by atoms with Crippen molar-refractivity contribution in [3.8, 4) is 0 Å². The van der Waals surface area contributed by atoms with E-state index in [2.05, 4.69) is 10.3 Å². The van der Waals surface area contributed by atoms with Crippen molar-refractivity contribution < 1.29 is 28.2 Å². The van der Waals surface area contributed by atoms with Gasteiger partial charge in [-0.2, -0.15) is 13.2 Å². The number of nitrogens with one attached hydrogen (secondary N) is 1. The van der Waals surface area contributed by atoms with Gasteiger partial charge in [0.25, 0.3) is 0 Å². The molecular formula is C11H11F3N2O3. The van der Waals surface area contributed by atoms with Crippen LogP contribution in [0.3, 0.4) is 0 Å². The Balaban J connectivity index is 2.39. The molecule has 0 spiro atoms. The van der Waals surface area contributed by atoms with Crippen LogP contribution in [0.15, 0.2) is 12.1 Å². The van der Waals surface area contributed by atoms with Gasteiger partial charge in [-0.25, -0.2) is 9.78 Å². The molecule has 0 unspecified atom stereocenters. The standard InChI is InChI=1S/C11H11F3N2O3/c12-11(13,14)7-2-1-6(9(18)19)8(15-7)16-10(5-17)3-4-10/h1-2,17H,3-5H2,(H,15,16)(H,18,19). The van der Waals surface area contributed by atoms with Crippen LogP contribution in [0.4, 0.5) is 19.0 Å². The first-order valence-electron chi connectivity index (χ1n) is 5.48. The van der Waals surface area contributed by atoms with E-state index in [0.29, 0.717) is 18.9 Å². The minimum Gasteiger partial charge on any atom is -0.478 e. The van der Waals surface area contributed by atoms with Crippen LogP contribution in [0.25, 0.3) is 0 Å². The van der Waals surface area contributed by atoms with Gasteiger partial charge in [0, 0.05) is 0 Å². The predicted octanol–water partition coefficient (Wildman–Crippen LogP) is 1.74. The van der Waals surface area contributed by atoms with E-state index in [0.717, 1.165) is 6.07 Å². The maximum Gasteiger partial charge on any atom is 0.433 e. The van der Waals surface area contributed by atoms with Gasteiger partial charge in [-0.05, 0) is 25.0 Å². The second-order valence-electron chi connectivity index (χ2n) is 4.46. The largest absolute Gasteiger partial charge is 0.478 e. The Morgan fingerprint density at radius 1 is 1.42 bits per heavy atom. The number of alkyl halides is 3. The molecule has 0 atom stereocenters. The average molecular weight is 276 g/mol. The summed E-state index contributed by atoms with van der Waals surface area (Å²) in [5.41, 5.74) is -2.28. The number of aromatic carboxylic acids is 1. The minimum absolute atomic E-state index is 0.288. The molecule has 0 amide bonds. The Bertz CT molecular complexity index is 512. The van der Waals surface area contributed by atoms with Crippen LogP contribution >= 0.6 is 0 Å². The summed E-state index contributed by atoms with van der Waals surface area (Å²) in [6, 6.07) is 1.47. The number of pyridine rings is 1. The molecule has 1 aromatic rings. The van der Waals surface area contributed by atoms with E-state index >= 15 is 0 Å². The van der Waals surface area contributed by atoms with Gasteiger partial charge in [-0.3, -0.25) is 0 Å². The Morgan fingerprint density at radius 3 is 2.47 bits per heavy atom. The van der Waals surface area contributed by atoms with Crippen molar-refractivity contribution in [1.82, 2.24) is 4.98 Å². The molecular weight excluding hydrogens is 265 g/mol. The zero-order valence-corrected chi connectivity index (χ0v) is 9.66. The highest BCUT2D eigenvalue weighted by Gasteiger charge is 2.43.